The fourth-order valence-electron chi connectivity index (χ4n) is 3.64. The lowest BCUT2D eigenvalue weighted by Crippen LogP contribution is -2.48. The van der Waals surface area contributed by atoms with Crippen molar-refractivity contribution in [2.75, 3.05) is 51.3 Å². The Morgan fingerprint density at radius 1 is 1.30 bits per heavy atom. The van der Waals surface area contributed by atoms with E-state index in [1.165, 1.54) is 11.1 Å². The second kappa shape index (κ2) is 7.43. The molecule has 5 heteroatoms. The first-order valence-electron chi connectivity index (χ1n) is 8.55. The molecule has 3 rings (SSSR count). The number of carbonyl (C=O) groups excluding carboxylic acids is 1. The van der Waals surface area contributed by atoms with Crippen molar-refractivity contribution < 1.29 is 9.53 Å². The van der Waals surface area contributed by atoms with E-state index < -0.39 is 0 Å². The summed E-state index contributed by atoms with van der Waals surface area (Å²) in [5, 5.41) is 3.40. The van der Waals surface area contributed by atoms with Crippen LogP contribution in [0.25, 0.3) is 0 Å². The zero-order chi connectivity index (χ0) is 16.2. The van der Waals surface area contributed by atoms with Gasteiger partial charge in [0, 0.05) is 51.6 Å². The lowest BCUT2D eigenvalue weighted by Gasteiger charge is -2.33. The number of nitrogens with zero attached hydrogens (tertiary/aromatic N) is 2. The molecule has 1 amide bonds. The van der Waals surface area contributed by atoms with Gasteiger partial charge >= 0.3 is 0 Å². The van der Waals surface area contributed by atoms with E-state index in [4.69, 9.17) is 4.74 Å². The first-order valence-corrected chi connectivity index (χ1v) is 8.55. The van der Waals surface area contributed by atoms with Crippen molar-refractivity contribution in [2.24, 2.45) is 0 Å². The van der Waals surface area contributed by atoms with Crippen LogP contribution in [0.4, 0.5) is 5.69 Å². The molecule has 0 bridgehead atoms. The predicted molar refractivity (Wildman–Crippen MR) is 92.0 cm³/mol. The van der Waals surface area contributed by atoms with E-state index in [0.717, 1.165) is 51.3 Å². The molecule has 0 spiro atoms. The van der Waals surface area contributed by atoms with Crippen molar-refractivity contribution in [1.82, 2.24) is 10.2 Å². The van der Waals surface area contributed by atoms with Crippen LogP contribution in [0.1, 0.15) is 18.1 Å². The minimum atomic E-state index is 0.0492. The zero-order valence-corrected chi connectivity index (χ0v) is 14.2. The van der Waals surface area contributed by atoms with Gasteiger partial charge in [-0.2, -0.15) is 0 Å². The number of amides is 1. The molecule has 1 atom stereocenters. The van der Waals surface area contributed by atoms with Gasteiger partial charge in [0.25, 0.3) is 5.91 Å². The van der Waals surface area contributed by atoms with Gasteiger partial charge in [-0.1, -0.05) is 12.1 Å². The maximum atomic E-state index is 12.1. The van der Waals surface area contributed by atoms with Crippen LogP contribution in [-0.2, 0) is 22.4 Å². The van der Waals surface area contributed by atoms with E-state index in [-0.39, 0.29) is 12.5 Å². The molecule has 1 N–H and O–H groups in total. The maximum Gasteiger partial charge on any atom is 0.252 e. The van der Waals surface area contributed by atoms with Gasteiger partial charge in [-0.15, -0.1) is 0 Å². The van der Waals surface area contributed by atoms with Gasteiger partial charge < -0.3 is 15.0 Å². The molecule has 1 unspecified atom stereocenters. The predicted octanol–water partition coefficient (Wildman–Crippen LogP) is 1.06. The van der Waals surface area contributed by atoms with Crippen LogP contribution in [0.2, 0.25) is 0 Å². The zero-order valence-electron chi connectivity index (χ0n) is 14.2. The minimum absolute atomic E-state index is 0.0492. The molecular weight excluding hydrogens is 290 g/mol. The van der Waals surface area contributed by atoms with Crippen LogP contribution < -0.4 is 10.2 Å². The number of nitrogens with one attached hydrogen (secondary N) is 1. The van der Waals surface area contributed by atoms with Crippen molar-refractivity contribution in [3.05, 3.63) is 29.3 Å². The number of methoxy groups -OCH3 is 1. The standard InChI is InChI=1S/C18H27N3O2/c1-14(20-9-6-19-7-10-20)11-15-3-4-17-16(12-15)5-8-21(17)18(22)13-23-2/h3-4,12,14,19H,5-11,13H2,1-2H3. The number of anilines is 1. The third-order valence-electron chi connectivity index (χ3n) is 4.91. The van der Waals surface area contributed by atoms with Crippen molar-refractivity contribution in [1.29, 1.82) is 0 Å². The molecule has 1 saturated heterocycles. The Kier molecular flexibility index (Phi) is 5.30. The number of benzene rings is 1. The number of hydrogen-bond acceptors (Lipinski definition) is 4. The number of carbonyl (C=O) groups is 1. The Bertz CT molecular complexity index is 555. The van der Waals surface area contributed by atoms with Gasteiger partial charge in [0.1, 0.15) is 6.61 Å². The molecule has 1 aromatic rings. The highest BCUT2D eigenvalue weighted by Crippen LogP contribution is 2.29. The van der Waals surface area contributed by atoms with Gasteiger partial charge in [0.15, 0.2) is 0 Å². The van der Waals surface area contributed by atoms with E-state index >= 15 is 0 Å². The molecule has 0 saturated carbocycles. The Morgan fingerprint density at radius 3 is 2.83 bits per heavy atom. The lowest BCUT2D eigenvalue weighted by molar-refractivity contribution is -0.122. The quantitative estimate of drug-likeness (QED) is 0.882. The van der Waals surface area contributed by atoms with Crippen LogP contribution in [-0.4, -0.2) is 63.3 Å². The molecule has 2 aliphatic heterocycles. The van der Waals surface area contributed by atoms with E-state index in [1.807, 2.05) is 4.90 Å². The highest BCUT2D eigenvalue weighted by atomic mass is 16.5. The van der Waals surface area contributed by atoms with Crippen LogP contribution in [0.15, 0.2) is 18.2 Å². The summed E-state index contributed by atoms with van der Waals surface area (Å²) in [6, 6.07) is 7.13. The topological polar surface area (TPSA) is 44.8 Å². The Balaban J connectivity index is 1.66. The first kappa shape index (κ1) is 16.4. The van der Waals surface area contributed by atoms with Crippen molar-refractivity contribution in [3.8, 4) is 0 Å². The van der Waals surface area contributed by atoms with Crippen molar-refractivity contribution in [3.63, 3.8) is 0 Å². The monoisotopic (exact) mass is 317 g/mol. The number of fused-ring (bicyclic) bond motifs is 1. The average Bonchev–Trinajstić information content (AvgIpc) is 2.99. The highest BCUT2D eigenvalue weighted by molar-refractivity contribution is 5.96. The van der Waals surface area contributed by atoms with Gasteiger partial charge in [-0.25, -0.2) is 0 Å². The minimum Gasteiger partial charge on any atom is -0.375 e. The average molecular weight is 317 g/mol. The second-order valence-electron chi connectivity index (χ2n) is 6.53. The highest BCUT2D eigenvalue weighted by Gasteiger charge is 2.25. The smallest absolute Gasteiger partial charge is 0.252 e. The maximum absolute atomic E-state index is 12.1. The molecule has 2 heterocycles. The molecule has 0 aliphatic carbocycles. The fraction of sp³-hybridized carbons (Fsp3) is 0.611. The third-order valence-corrected chi connectivity index (χ3v) is 4.91. The summed E-state index contributed by atoms with van der Waals surface area (Å²) >= 11 is 0. The van der Waals surface area contributed by atoms with E-state index in [1.54, 1.807) is 7.11 Å². The summed E-state index contributed by atoms with van der Waals surface area (Å²) in [4.78, 5) is 16.5. The summed E-state index contributed by atoms with van der Waals surface area (Å²) in [5.74, 6) is 0.0492. The molecule has 1 aromatic carbocycles. The molecule has 2 aliphatic rings. The Labute approximate surface area is 138 Å². The van der Waals surface area contributed by atoms with E-state index in [0.29, 0.717) is 6.04 Å². The van der Waals surface area contributed by atoms with Crippen molar-refractivity contribution in [2.45, 2.75) is 25.8 Å². The summed E-state index contributed by atoms with van der Waals surface area (Å²) in [7, 11) is 1.56. The first-order chi connectivity index (χ1) is 11.2. The molecule has 1 fully saturated rings. The summed E-state index contributed by atoms with van der Waals surface area (Å²) in [5.41, 5.74) is 3.72. The van der Waals surface area contributed by atoms with Gasteiger partial charge in [-0.3, -0.25) is 9.69 Å². The third kappa shape index (κ3) is 3.74. The van der Waals surface area contributed by atoms with Crippen LogP contribution in [0.5, 0.6) is 0 Å². The molecule has 0 aromatic heterocycles. The van der Waals surface area contributed by atoms with Crippen molar-refractivity contribution >= 4 is 11.6 Å². The van der Waals surface area contributed by atoms with Gasteiger partial charge in [-0.05, 0) is 37.0 Å². The molecule has 126 valence electrons. The molecule has 0 radical (unpaired) electrons. The Morgan fingerprint density at radius 2 is 2.09 bits per heavy atom. The number of hydrogen-bond donors (Lipinski definition) is 1. The van der Waals surface area contributed by atoms with E-state index in [2.05, 4.69) is 35.3 Å². The SMILES string of the molecule is COCC(=O)N1CCc2cc(CC(C)N3CCNCC3)ccc21. The van der Waals surface area contributed by atoms with Crippen LogP contribution >= 0.6 is 0 Å². The molecule has 5 nitrogen and oxygen atoms in total. The summed E-state index contributed by atoms with van der Waals surface area (Å²) < 4.78 is 4.97. The molecule has 23 heavy (non-hydrogen) atoms. The lowest BCUT2D eigenvalue weighted by atomic mass is 10.0. The number of rotatable bonds is 5. The summed E-state index contributed by atoms with van der Waals surface area (Å²) in [6.07, 6.45) is 2.01. The summed E-state index contributed by atoms with van der Waals surface area (Å²) in [6.45, 7) is 7.68. The normalized spacial score (nSPS) is 19.7. The van der Waals surface area contributed by atoms with Gasteiger partial charge in [0.05, 0.1) is 0 Å². The van der Waals surface area contributed by atoms with Gasteiger partial charge in [0.2, 0.25) is 0 Å². The molecular formula is C18H27N3O2. The number of piperazine rings is 1. The Hall–Kier alpha value is -1.43. The largest absolute Gasteiger partial charge is 0.375 e. The van der Waals surface area contributed by atoms with Crippen LogP contribution in [0, 0.1) is 0 Å². The van der Waals surface area contributed by atoms with Crippen LogP contribution in [0.3, 0.4) is 0 Å². The number of ether oxygens (including phenoxy) is 1. The second-order valence-corrected chi connectivity index (χ2v) is 6.53. The van der Waals surface area contributed by atoms with E-state index in [9.17, 15) is 4.79 Å². The fourth-order valence-corrected chi connectivity index (χ4v) is 3.64.